The number of sulfonamides is 1. The molecule has 2 aromatic rings. The third-order valence-electron chi connectivity index (χ3n) is 3.68. The number of halogens is 1. The lowest BCUT2D eigenvalue weighted by Gasteiger charge is -2.31. The molecule has 3 rings (SSSR count). The van der Waals surface area contributed by atoms with Gasteiger partial charge in [-0.15, -0.1) is 0 Å². The normalized spacial score (nSPS) is 17.1. The van der Waals surface area contributed by atoms with E-state index in [1.807, 2.05) is 0 Å². The fourth-order valence-corrected chi connectivity index (χ4v) is 4.06. The summed E-state index contributed by atoms with van der Waals surface area (Å²) in [4.78, 5) is 8.18. The summed E-state index contributed by atoms with van der Waals surface area (Å²) in [6, 6.07) is 6.62. The first-order valence-electron chi connectivity index (χ1n) is 7.25. The molecule has 0 spiro atoms. The van der Waals surface area contributed by atoms with E-state index in [9.17, 15) is 8.42 Å². The second-order valence-corrected chi connectivity index (χ2v) is 7.55. The van der Waals surface area contributed by atoms with Crippen molar-refractivity contribution in [2.45, 2.75) is 23.8 Å². The van der Waals surface area contributed by atoms with Gasteiger partial charge >= 0.3 is 0 Å². The molecule has 0 unspecified atom stereocenters. The van der Waals surface area contributed by atoms with E-state index in [1.165, 1.54) is 10.5 Å². The van der Waals surface area contributed by atoms with Crippen molar-refractivity contribution >= 4 is 21.6 Å². The van der Waals surface area contributed by atoms with Crippen LogP contribution >= 0.6 is 11.6 Å². The Morgan fingerprint density at radius 2 is 1.91 bits per heavy atom. The van der Waals surface area contributed by atoms with Crippen molar-refractivity contribution < 1.29 is 13.2 Å². The Bertz CT molecular complexity index is 763. The summed E-state index contributed by atoms with van der Waals surface area (Å²) in [7, 11) is -3.49. The lowest BCUT2D eigenvalue weighted by atomic mass is 10.1. The minimum Gasteiger partial charge on any atom is -0.473 e. The predicted molar refractivity (Wildman–Crippen MR) is 85.9 cm³/mol. The van der Waals surface area contributed by atoms with E-state index >= 15 is 0 Å². The van der Waals surface area contributed by atoms with Gasteiger partial charge in [-0.05, 0) is 37.1 Å². The van der Waals surface area contributed by atoms with Crippen LogP contribution in [0.25, 0.3) is 0 Å². The van der Waals surface area contributed by atoms with E-state index in [1.54, 1.807) is 36.7 Å². The fraction of sp³-hybridized carbons (Fsp3) is 0.333. The van der Waals surface area contributed by atoms with Crippen LogP contribution in [0.1, 0.15) is 12.8 Å². The second-order valence-electron chi connectivity index (χ2n) is 5.20. The minimum atomic E-state index is -3.49. The lowest BCUT2D eigenvalue weighted by molar-refractivity contribution is 0.130. The van der Waals surface area contributed by atoms with E-state index in [4.69, 9.17) is 16.3 Å². The van der Waals surface area contributed by atoms with Gasteiger partial charge in [-0.1, -0.05) is 11.6 Å². The summed E-state index contributed by atoms with van der Waals surface area (Å²) in [5.41, 5.74) is 0. The van der Waals surface area contributed by atoms with Gasteiger partial charge in [0.2, 0.25) is 15.9 Å². The summed E-state index contributed by atoms with van der Waals surface area (Å²) >= 11 is 6.02. The maximum Gasteiger partial charge on any atom is 0.244 e. The molecule has 0 amide bonds. The Labute approximate surface area is 140 Å². The van der Waals surface area contributed by atoms with Crippen molar-refractivity contribution in [3.05, 3.63) is 47.9 Å². The molecule has 3 heterocycles. The molecule has 0 N–H and O–H groups in total. The van der Waals surface area contributed by atoms with Crippen molar-refractivity contribution in [3.8, 4) is 5.88 Å². The lowest BCUT2D eigenvalue weighted by Crippen LogP contribution is -2.41. The Balaban J connectivity index is 1.64. The first-order valence-corrected chi connectivity index (χ1v) is 9.06. The smallest absolute Gasteiger partial charge is 0.244 e. The van der Waals surface area contributed by atoms with E-state index in [2.05, 4.69) is 9.97 Å². The van der Waals surface area contributed by atoms with Crippen molar-refractivity contribution in [1.82, 2.24) is 14.3 Å². The number of hydrogen-bond acceptors (Lipinski definition) is 5. The Kier molecular flexibility index (Phi) is 4.79. The summed E-state index contributed by atoms with van der Waals surface area (Å²) in [6.07, 6.45) is 5.62. The van der Waals surface area contributed by atoms with Crippen molar-refractivity contribution in [2.24, 2.45) is 0 Å². The van der Waals surface area contributed by atoms with Crippen LogP contribution in [0.15, 0.2) is 47.8 Å². The molecule has 0 saturated carbocycles. The summed E-state index contributed by atoms with van der Waals surface area (Å²) < 4.78 is 32.3. The highest BCUT2D eigenvalue weighted by atomic mass is 35.5. The van der Waals surface area contributed by atoms with Crippen LogP contribution < -0.4 is 4.74 Å². The highest BCUT2D eigenvalue weighted by molar-refractivity contribution is 7.89. The van der Waals surface area contributed by atoms with Crippen LogP contribution in [0.2, 0.25) is 5.02 Å². The molecule has 122 valence electrons. The number of nitrogens with zero attached hydrogens (tertiary/aromatic N) is 3. The molecule has 0 atom stereocenters. The number of piperidine rings is 1. The Morgan fingerprint density at radius 1 is 1.17 bits per heavy atom. The van der Waals surface area contributed by atoms with E-state index in [-0.39, 0.29) is 11.0 Å². The molecule has 6 nitrogen and oxygen atoms in total. The topological polar surface area (TPSA) is 72.4 Å². The molecule has 2 aromatic heterocycles. The number of aromatic nitrogens is 2. The number of hydrogen-bond donors (Lipinski definition) is 0. The summed E-state index contributed by atoms with van der Waals surface area (Å²) in [5.74, 6) is 0.391. The maximum absolute atomic E-state index is 12.5. The molecule has 1 fully saturated rings. The number of ether oxygens (including phenoxy) is 1. The molecule has 23 heavy (non-hydrogen) atoms. The average molecular weight is 354 g/mol. The molecule has 0 radical (unpaired) electrons. The van der Waals surface area contributed by atoms with Crippen LogP contribution in [-0.4, -0.2) is 41.9 Å². The average Bonchev–Trinajstić information content (AvgIpc) is 2.58. The standard InChI is InChI=1S/C15H16ClN3O3S/c16-14-4-2-8-18-15(14)22-12-5-9-19(10-6-12)23(20,21)13-3-1-7-17-11-13/h1-4,7-8,11-12H,5-6,9-10H2. The molecular formula is C15H16ClN3O3S. The van der Waals surface area contributed by atoms with E-state index in [0.717, 1.165) is 0 Å². The van der Waals surface area contributed by atoms with Gasteiger partial charge in [0.05, 0.1) is 0 Å². The molecule has 1 saturated heterocycles. The first kappa shape index (κ1) is 16.2. The highest BCUT2D eigenvalue weighted by Gasteiger charge is 2.30. The maximum atomic E-state index is 12.5. The summed E-state index contributed by atoms with van der Waals surface area (Å²) in [6.45, 7) is 0.790. The monoisotopic (exact) mass is 353 g/mol. The molecule has 8 heteroatoms. The van der Waals surface area contributed by atoms with Gasteiger partial charge in [0.15, 0.2) is 0 Å². The second kappa shape index (κ2) is 6.82. The van der Waals surface area contributed by atoms with Crippen LogP contribution in [0.3, 0.4) is 0 Å². The van der Waals surface area contributed by atoms with Crippen molar-refractivity contribution in [2.75, 3.05) is 13.1 Å². The van der Waals surface area contributed by atoms with Gasteiger partial charge in [0.25, 0.3) is 0 Å². The zero-order valence-corrected chi connectivity index (χ0v) is 13.9. The van der Waals surface area contributed by atoms with E-state index < -0.39 is 10.0 Å². The third-order valence-corrected chi connectivity index (χ3v) is 5.85. The van der Waals surface area contributed by atoms with Crippen LogP contribution in [0, 0.1) is 0 Å². The minimum absolute atomic E-state index is 0.0947. The molecular weight excluding hydrogens is 338 g/mol. The summed E-state index contributed by atoms with van der Waals surface area (Å²) in [5, 5.41) is 0.456. The molecule has 0 bridgehead atoms. The number of pyridine rings is 2. The molecule has 0 aliphatic carbocycles. The largest absolute Gasteiger partial charge is 0.473 e. The Morgan fingerprint density at radius 3 is 2.57 bits per heavy atom. The van der Waals surface area contributed by atoms with Gasteiger partial charge in [-0.2, -0.15) is 4.31 Å². The number of rotatable bonds is 4. The fourth-order valence-electron chi connectivity index (χ4n) is 2.45. The third kappa shape index (κ3) is 3.63. The molecule has 1 aliphatic heterocycles. The van der Waals surface area contributed by atoms with Crippen LogP contribution in [0.4, 0.5) is 0 Å². The predicted octanol–water partition coefficient (Wildman–Crippen LogP) is 2.36. The van der Waals surface area contributed by atoms with Gasteiger partial charge in [0.1, 0.15) is 16.0 Å². The highest BCUT2D eigenvalue weighted by Crippen LogP contribution is 2.26. The first-order chi connectivity index (χ1) is 11.1. The zero-order chi connectivity index (χ0) is 16.3. The van der Waals surface area contributed by atoms with E-state index in [0.29, 0.717) is 36.8 Å². The molecule has 1 aliphatic rings. The van der Waals surface area contributed by atoms with Gasteiger partial charge in [-0.25, -0.2) is 13.4 Å². The molecule has 0 aromatic carbocycles. The van der Waals surface area contributed by atoms with Gasteiger partial charge in [-0.3, -0.25) is 4.98 Å². The van der Waals surface area contributed by atoms with Crippen molar-refractivity contribution in [3.63, 3.8) is 0 Å². The zero-order valence-electron chi connectivity index (χ0n) is 12.3. The van der Waals surface area contributed by atoms with Crippen LogP contribution in [0.5, 0.6) is 5.88 Å². The Hall–Kier alpha value is -1.70. The quantitative estimate of drug-likeness (QED) is 0.843. The van der Waals surface area contributed by atoms with Gasteiger partial charge < -0.3 is 4.74 Å². The van der Waals surface area contributed by atoms with Crippen LogP contribution in [-0.2, 0) is 10.0 Å². The van der Waals surface area contributed by atoms with Gasteiger partial charge in [0, 0.05) is 31.7 Å². The van der Waals surface area contributed by atoms with Crippen molar-refractivity contribution in [1.29, 1.82) is 0 Å². The SMILES string of the molecule is O=S(=O)(c1cccnc1)N1CCC(Oc2ncccc2Cl)CC1.